The van der Waals surface area contributed by atoms with E-state index in [1.807, 2.05) is 35.2 Å². The maximum absolute atomic E-state index is 12.8. The summed E-state index contributed by atoms with van der Waals surface area (Å²) < 4.78 is 0. The van der Waals surface area contributed by atoms with E-state index in [1.165, 1.54) is 0 Å². The van der Waals surface area contributed by atoms with E-state index in [1.54, 1.807) is 6.08 Å². The molecule has 0 aromatic heterocycles. The summed E-state index contributed by atoms with van der Waals surface area (Å²) in [4.78, 5) is 18.9. The molecule has 1 aliphatic heterocycles. The van der Waals surface area contributed by atoms with Crippen molar-refractivity contribution in [3.63, 3.8) is 0 Å². The summed E-state index contributed by atoms with van der Waals surface area (Å²) in [5, 5.41) is 2.43. The van der Waals surface area contributed by atoms with Crippen LogP contribution in [0, 0.1) is 5.92 Å². The molecule has 1 fully saturated rings. The maximum Gasteiger partial charge on any atom is 0.228 e. The van der Waals surface area contributed by atoms with E-state index in [0.717, 1.165) is 12.0 Å². The molecule has 1 aliphatic rings. The number of likely N-dealkylation sites (tertiary alicyclic amines) is 1. The molecule has 1 aromatic carbocycles. The Morgan fingerprint density at radius 1 is 1.48 bits per heavy atom. The van der Waals surface area contributed by atoms with Crippen molar-refractivity contribution in [1.29, 1.82) is 0 Å². The van der Waals surface area contributed by atoms with Crippen molar-refractivity contribution in [2.24, 2.45) is 10.9 Å². The molecular formula is C17H20N2OS. The fourth-order valence-electron chi connectivity index (χ4n) is 2.90. The number of amides is 1. The summed E-state index contributed by atoms with van der Waals surface area (Å²) in [6.45, 7) is 6.46. The van der Waals surface area contributed by atoms with E-state index in [0.29, 0.717) is 13.0 Å². The van der Waals surface area contributed by atoms with Gasteiger partial charge in [0.05, 0.1) is 17.1 Å². The third-order valence-electron chi connectivity index (χ3n) is 4.01. The number of rotatable bonds is 5. The molecule has 4 heteroatoms. The third kappa shape index (κ3) is 3.66. The van der Waals surface area contributed by atoms with Crippen LogP contribution >= 0.6 is 12.2 Å². The Hall–Kier alpha value is -1.77. The predicted molar refractivity (Wildman–Crippen MR) is 88.2 cm³/mol. The molecule has 0 bridgehead atoms. The molecule has 3 nitrogen and oxygen atoms in total. The molecule has 0 N–H and O–H groups in total. The van der Waals surface area contributed by atoms with Crippen LogP contribution in [0.15, 0.2) is 48.0 Å². The highest BCUT2D eigenvalue weighted by atomic mass is 32.1. The van der Waals surface area contributed by atoms with Gasteiger partial charge in [-0.2, -0.15) is 0 Å². The number of aliphatic imine (C=N–C) groups is 1. The number of thiocarbonyl (C=S) groups is 1. The Morgan fingerprint density at radius 2 is 2.19 bits per heavy atom. The molecule has 1 amide bonds. The number of carbonyl (C=O) groups is 1. The van der Waals surface area contributed by atoms with Crippen LogP contribution < -0.4 is 0 Å². The molecule has 21 heavy (non-hydrogen) atoms. The van der Waals surface area contributed by atoms with Gasteiger partial charge in [0.1, 0.15) is 0 Å². The monoisotopic (exact) mass is 300 g/mol. The summed E-state index contributed by atoms with van der Waals surface area (Å²) in [6.07, 6.45) is 3.23. The molecule has 2 rings (SSSR count). The number of carbonyl (C=O) groups excluding carboxylic acids is 1. The second-order valence-corrected chi connectivity index (χ2v) is 5.64. The van der Waals surface area contributed by atoms with Crippen molar-refractivity contribution >= 4 is 23.3 Å². The van der Waals surface area contributed by atoms with E-state index in [4.69, 9.17) is 12.2 Å². The van der Waals surface area contributed by atoms with E-state index in [-0.39, 0.29) is 23.9 Å². The van der Waals surface area contributed by atoms with Gasteiger partial charge in [0.2, 0.25) is 5.91 Å². The summed E-state index contributed by atoms with van der Waals surface area (Å²) in [5.74, 6) is -0.0330. The minimum absolute atomic E-state index is 0.0741. The van der Waals surface area contributed by atoms with Gasteiger partial charge in [-0.1, -0.05) is 36.4 Å². The number of hydrogen-bond acceptors (Lipinski definition) is 3. The summed E-state index contributed by atoms with van der Waals surface area (Å²) in [6, 6.07) is 10.1. The fraction of sp³-hybridized carbons (Fsp3) is 0.412. The first-order valence-electron chi connectivity index (χ1n) is 7.19. The lowest BCUT2D eigenvalue weighted by Gasteiger charge is -2.40. The first kappa shape index (κ1) is 15.6. The molecule has 0 aliphatic carbocycles. The Balaban J connectivity index is 2.20. The predicted octanol–water partition coefficient (Wildman–Crippen LogP) is 3.47. The lowest BCUT2D eigenvalue weighted by molar-refractivity contribution is -0.142. The highest BCUT2D eigenvalue weighted by Crippen LogP contribution is 2.29. The Labute approximate surface area is 131 Å². The summed E-state index contributed by atoms with van der Waals surface area (Å²) in [7, 11) is 0. The molecular weight excluding hydrogens is 280 g/mol. The first-order chi connectivity index (χ1) is 10.2. The van der Waals surface area contributed by atoms with Gasteiger partial charge in [0.15, 0.2) is 0 Å². The SMILES string of the molecule is C=CC[C@H]1C(=O)N(Cc2ccccc2)[C@@H](C)C[C@@H]1N=C=S. The number of piperidine rings is 1. The zero-order chi connectivity index (χ0) is 15.2. The topological polar surface area (TPSA) is 32.7 Å². The number of nitrogens with zero attached hydrogens (tertiary/aromatic N) is 2. The van der Waals surface area contributed by atoms with Crippen molar-refractivity contribution in [2.75, 3.05) is 0 Å². The molecule has 0 radical (unpaired) electrons. The van der Waals surface area contributed by atoms with Crippen molar-refractivity contribution in [2.45, 2.75) is 38.4 Å². The molecule has 1 aromatic rings. The molecule has 3 atom stereocenters. The second-order valence-electron chi connectivity index (χ2n) is 5.46. The smallest absolute Gasteiger partial charge is 0.228 e. The van der Waals surface area contributed by atoms with Gasteiger partial charge in [0.25, 0.3) is 0 Å². The van der Waals surface area contributed by atoms with Gasteiger partial charge >= 0.3 is 0 Å². The van der Waals surface area contributed by atoms with Gasteiger partial charge in [-0.05, 0) is 37.5 Å². The van der Waals surface area contributed by atoms with Crippen LogP contribution in [0.25, 0.3) is 0 Å². The Bertz CT molecular complexity index is 551. The van der Waals surface area contributed by atoms with E-state index >= 15 is 0 Å². The van der Waals surface area contributed by atoms with Gasteiger partial charge in [-0.15, -0.1) is 6.58 Å². The Kier molecular flexibility index (Phi) is 5.43. The van der Waals surface area contributed by atoms with Crippen LogP contribution in [0.4, 0.5) is 0 Å². The quantitative estimate of drug-likeness (QED) is 0.474. The highest BCUT2D eigenvalue weighted by molar-refractivity contribution is 7.78. The zero-order valence-corrected chi connectivity index (χ0v) is 13.1. The zero-order valence-electron chi connectivity index (χ0n) is 12.2. The van der Waals surface area contributed by atoms with Crippen LogP contribution in [-0.4, -0.2) is 28.1 Å². The maximum atomic E-state index is 12.8. The minimum Gasteiger partial charge on any atom is -0.335 e. The molecule has 0 unspecified atom stereocenters. The second kappa shape index (κ2) is 7.30. The number of hydrogen-bond donors (Lipinski definition) is 0. The van der Waals surface area contributed by atoms with E-state index in [2.05, 4.69) is 23.7 Å². The van der Waals surface area contributed by atoms with Crippen LogP contribution in [0.2, 0.25) is 0 Å². The van der Waals surface area contributed by atoms with Crippen molar-refractivity contribution in [3.05, 3.63) is 48.6 Å². The molecule has 1 saturated heterocycles. The average molecular weight is 300 g/mol. The minimum atomic E-state index is -0.169. The number of benzene rings is 1. The lowest BCUT2D eigenvalue weighted by Crippen LogP contribution is -2.51. The van der Waals surface area contributed by atoms with Gasteiger partial charge < -0.3 is 4.90 Å². The Morgan fingerprint density at radius 3 is 2.81 bits per heavy atom. The van der Waals surface area contributed by atoms with Gasteiger partial charge in [0, 0.05) is 12.6 Å². The van der Waals surface area contributed by atoms with Crippen LogP contribution in [0.3, 0.4) is 0 Å². The van der Waals surface area contributed by atoms with E-state index in [9.17, 15) is 4.79 Å². The fourth-order valence-corrected chi connectivity index (χ4v) is 3.03. The largest absolute Gasteiger partial charge is 0.335 e. The van der Waals surface area contributed by atoms with Gasteiger partial charge in [-0.25, -0.2) is 4.99 Å². The average Bonchev–Trinajstić information content (AvgIpc) is 2.49. The summed E-state index contributed by atoms with van der Waals surface area (Å²) >= 11 is 4.71. The third-order valence-corrected chi connectivity index (χ3v) is 4.12. The lowest BCUT2D eigenvalue weighted by atomic mass is 9.85. The molecule has 1 heterocycles. The summed E-state index contributed by atoms with van der Waals surface area (Å²) in [5.41, 5.74) is 1.15. The molecule has 0 spiro atoms. The van der Waals surface area contributed by atoms with Crippen molar-refractivity contribution in [1.82, 2.24) is 4.90 Å². The standard InChI is InChI=1S/C17H20N2OS/c1-3-7-15-16(18-12-21)10-13(2)19(17(15)20)11-14-8-5-4-6-9-14/h3-6,8-9,13,15-16H,1,7,10-11H2,2H3/t13-,15+,16-/m0/s1. The normalized spacial score (nSPS) is 25.3. The van der Waals surface area contributed by atoms with Crippen molar-refractivity contribution in [3.8, 4) is 0 Å². The van der Waals surface area contributed by atoms with Crippen molar-refractivity contribution < 1.29 is 4.79 Å². The van der Waals surface area contributed by atoms with Crippen LogP contribution in [0.1, 0.15) is 25.3 Å². The molecule has 0 saturated carbocycles. The van der Waals surface area contributed by atoms with Gasteiger partial charge in [-0.3, -0.25) is 4.79 Å². The number of allylic oxidation sites excluding steroid dienone is 1. The van der Waals surface area contributed by atoms with Crippen LogP contribution in [-0.2, 0) is 11.3 Å². The first-order valence-corrected chi connectivity index (χ1v) is 7.60. The van der Waals surface area contributed by atoms with Crippen LogP contribution in [0.5, 0.6) is 0 Å². The van der Waals surface area contributed by atoms with E-state index < -0.39 is 0 Å². The molecule has 110 valence electrons. The number of isothiocyanates is 1. The highest BCUT2D eigenvalue weighted by Gasteiger charge is 2.39.